The molecule has 39 heavy (non-hydrogen) atoms. The summed E-state index contributed by atoms with van der Waals surface area (Å²) in [4.78, 5) is 28.9. The van der Waals surface area contributed by atoms with Gasteiger partial charge in [-0.15, -0.1) is 0 Å². The number of halogens is 1. The molecule has 0 saturated heterocycles. The first-order valence-corrected chi connectivity index (χ1v) is 14.8. The van der Waals surface area contributed by atoms with Crippen LogP contribution in [0.1, 0.15) is 37.0 Å². The van der Waals surface area contributed by atoms with E-state index < -0.39 is 34.3 Å². The number of hydrogen-bond donors (Lipinski definition) is 1. The van der Waals surface area contributed by atoms with Gasteiger partial charge in [0, 0.05) is 24.6 Å². The maximum absolute atomic E-state index is 14.8. The Morgan fingerprint density at radius 2 is 1.56 bits per heavy atom. The van der Waals surface area contributed by atoms with Crippen molar-refractivity contribution >= 4 is 27.5 Å². The highest BCUT2D eigenvalue weighted by molar-refractivity contribution is 7.92. The average Bonchev–Trinajstić information content (AvgIpc) is 2.90. The summed E-state index contributed by atoms with van der Waals surface area (Å²) in [5, 5.41) is 2.95. The molecule has 0 fully saturated rings. The molecule has 3 aromatic rings. The van der Waals surface area contributed by atoms with E-state index in [-0.39, 0.29) is 30.5 Å². The third kappa shape index (κ3) is 8.13. The van der Waals surface area contributed by atoms with Gasteiger partial charge in [0.1, 0.15) is 18.4 Å². The SMILES string of the molecule is CC[C@H](C)NC(=O)[C@@H](Cc1ccccc1)N(Cc1ccccc1F)C(=O)CN(c1ccccc1C)S(C)(=O)=O. The highest BCUT2D eigenvalue weighted by Gasteiger charge is 2.34. The summed E-state index contributed by atoms with van der Waals surface area (Å²) in [5.74, 6) is -1.53. The third-order valence-electron chi connectivity index (χ3n) is 6.63. The molecule has 0 aliphatic carbocycles. The number of nitrogens with zero attached hydrogens (tertiary/aromatic N) is 2. The Morgan fingerprint density at radius 3 is 2.18 bits per heavy atom. The number of sulfonamides is 1. The summed E-state index contributed by atoms with van der Waals surface area (Å²) in [6, 6.07) is 21.0. The second-order valence-electron chi connectivity index (χ2n) is 9.69. The maximum atomic E-state index is 14.8. The highest BCUT2D eigenvalue weighted by atomic mass is 32.2. The van der Waals surface area contributed by atoms with Crippen molar-refractivity contribution in [2.24, 2.45) is 0 Å². The van der Waals surface area contributed by atoms with Crippen LogP contribution in [0.15, 0.2) is 78.9 Å². The number of carbonyl (C=O) groups excluding carboxylic acids is 2. The number of hydrogen-bond acceptors (Lipinski definition) is 4. The molecule has 0 heterocycles. The molecule has 2 amide bonds. The summed E-state index contributed by atoms with van der Waals surface area (Å²) >= 11 is 0. The molecule has 3 rings (SSSR count). The molecule has 7 nitrogen and oxygen atoms in total. The number of benzene rings is 3. The van der Waals surface area contributed by atoms with Gasteiger partial charge in [-0.2, -0.15) is 0 Å². The van der Waals surface area contributed by atoms with Crippen molar-refractivity contribution in [1.29, 1.82) is 0 Å². The minimum absolute atomic E-state index is 0.152. The maximum Gasteiger partial charge on any atom is 0.244 e. The van der Waals surface area contributed by atoms with E-state index in [0.717, 1.165) is 16.1 Å². The number of aryl methyl sites for hydroxylation is 1. The second kappa shape index (κ2) is 13.4. The normalized spacial score (nSPS) is 12.8. The van der Waals surface area contributed by atoms with Gasteiger partial charge in [0.15, 0.2) is 0 Å². The summed E-state index contributed by atoms with van der Waals surface area (Å²) in [7, 11) is -3.87. The largest absolute Gasteiger partial charge is 0.352 e. The van der Waals surface area contributed by atoms with E-state index in [1.54, 1.807) is 49.4 Å². The number of carbonyl (C=O) groups is 2. The Labute approximate surface area is 230 Å². The molecular weight excluding hydrogens is 517 g/mol. The second-order valence-corrected chi connectivity index (χ2v) is 11.6. The van der Waals surface area contributed by atoms with Gasteiger partial charge in [-0.1, -0.05) is 73.7 Å². The van der Waals surface area contributed by atoms with Gasteiger partial charge in [-0.3, -0.25) is 13.9 Å². The average molecular weight is 554 g/mol. The van der Waals surface area contributed by atoms with E-state index in [2.05, 4.69) is 5.32 Å². The summed E-state index contributed by atoms with van der Waals surface area (Å²) in [5.41, 5.74) is 2.07. The quantitative estimate of drug-likeness (QED) is 0.359. The van der Waals surface area contributed by atoms with Gasteiger partial charge in [-0.25, -0.2) is 12.8 Å². The van der Waals surface area contributed by atoms with E-state index >= 15 is 0 Å². The summed E-state index contributed by atoms with van der Waals surface area (Å²) in [6.07, 6.45) is 1.89. The Kier molecular flexibility index (Phi) is 10.2. The molecule has 0 spiro atoms. The first kappa shape index (κ1) is 29.8. The van der Waals surface area contributed by atoms with Crippen LogP contribution in [-0.2, 0) is 32.6 Å². The predicted molar refractivity (Wildman–Crippen MR) is 152 cm³/mol. The molecule has 0 unspecified atom stereocenters. The molecule has 0 aliphatic rings. The van der Waals surface area contributed by atoms with E-state index in [4.69, 9.17) is 0 Å². The zero-order valence-electron chi connectivity index (χ0n) is 22.8. The van der Waals surface area contributed by atoms with Crippen molar-refractivity contribution in [2.75, 3.05) is 17.1 Å². The Balaban J connectivity index is 2.08. The van der Waals surface area contributed by atoms with Crippen LogP contribution in [0, 0.1) is 12.7 Å². The molecule has 0 bridgehead atoms. The van der Waals surface area contributed by atoms with Crippen LogP contribution in [0.5, 0.6) is 0 Å². The molecule has 9 heteroatoms. The minimum Gasteiger partial charge on any atom is -0.352 e. The lowest BCUT2D eigenvalue weighted by atomic mass is 10.0. The fourth-order valence-corrected chi connectivity index (χ4v) is 5.15. The predicted octanol–water partition coefficient (Wildman–Crippen LogP) is 4.45. The smallest absolute Gasteiger partial charge is 0.244 e. The van der Waals surface area contributed by atoms with Crippen molar-refractivity contribution < 1.29 is 22.4 Å². The van der Waals surface area contributed by atoms with E-state index in [0.29, 0.717) is 17.7 Å². The van der Waals surface area contributed by atoms with Crippen molar-refractivity contribution in [1.82, 2.24) is 10.2 Å². The van der Waals surface area contributed by atoms with Crippen molar-refractivity contribution in [3.63, 3.8) is 0 Å². The van der Waals surface area contributed by atoms with Gasteiger partial charge in [0.2, 0.25) is 21.8 Å². The van der Waals surface area contributed by atoms with Gasteiger partial charge in [0.05, 0.1) is 11.9 Å². The summed E-state index contributed by atoms with van der Waals surface area (Å²) < 4.78 is 41.5. The zero-order chi connectivity index (χ0) is 28.6. The molecular formula is C30H36FN3O4S. The minimum atomic E-state index is -3.87. The van der Waals surface area contributed by atoms with Crippen LogP contribution in [0.25, 0.3) is 0 Å². The lowest BCUT2D eigenvalue weighted by Gasteiger charge is -2.34. The van der Waals surface area contributed by atoms with E-state index in [9.17, 15) is 22.4 Å². The van der Waals surface area contributed by atoms with Crippen LogP contribution in [0.3, 0.4) is 0 Å². The topological polar surface area (TPSA) is 86.8 Å². The molecule has 208 valence electrons. The molecule has 1 N–H and O–H groups in total. The lowest BCUT2D eigenvalue weighted by Crippen LogP contribution is -2.54. The third-order valence-corrected chi connectivity index (χ3v) is 7.76. The molecule has 0 aromatic heterocycles. The first-order chi connectivity index (χ1) is 18.5. The first-order valence-electron chi connectivity index (χ1n) is 12.9. The van der Waals surface area contributed by atoms with Crippen LogP contribution in [0.4, 0.5) is 10.1 Å². The number of nitrogens with one attached hydrogen (secondary N) is 1. The monoisotopic (exact) mass is 553 g/mol. The van der Waals surface area contributed by atoms with Crippen molar-refractivity contribution in [3.8, 4) is 0 Å². The Bertz CT molecular complexity index is 1380. The Hall–Kier alpha value is -3.72. The van der Waals surface area contributed by atoms with Gasteiger partial charge in [0.25, 0.3) is 0 Å². The zero-order valence-corrected chi connectivity index (χ0v) is 23.6. The lowest BCUT2D eigenvalue weighted by molar-refractivity contribution is -0.140. The van der Waals surface area contributed by atoms with Gasteiger partial charge in [-0.05, 0) is 43.5 Å². The van der Waals surface area contributed by atoms with E-state index in [1.807, 2.05) is 44.2 Å². The fraction of sp³-hybridized carbons (Fsp3) is 0.333. The van der Waals surface area contributed by atoms with Crippen LogP contribution >= 0.6 is 0 Å². The number of rotatable bonds is 12. The highest BCUT2D eigenvalue weighted by Crippen LogP contribution is 2.24. The van der Waals surface area contributed by atoms with Crippen LogP contribution in [-0.4, -0.2) is 50.0 Å². The van der Waals surface area contributed by atoms with E-state index in [1.165, 1.54) is 11.0 Å². The van der Waals surface area contributed by atoms with Crippen LogP contribution in [0.2, 0.25) is 0 Å². The molecule has 0 aliphatic heterocycles. The molecule has 0 radical (unpaired) electrons. The number of amides is 2. The number of anilines is 1. The van der Waals surface area contributed by atoms with Gasteiger partial charge < -0.3 is 10.2 Å². The summed E-state index contributed by atoms with van der Waals surface area (Å²) in [6.45, 7) is 4.81. The molecule has 0 saturated carbocycles. The van der Waals surface area contributed by atoms with Crippen molar-refractivity contribution in [2.45, 2.75) is 52.2 Å². The van der Waals surface area contributed by atoms with Gasteiger partial charge >= 0.3 is 0 Å². The molecule has 2 atom stereocenters. The molecule has 3 aromatic carbocycles. The number of para-hydroxylation sites is 1. The fourth-order valence-electron chi connectivity index (χ4n) is 4.24. The van der Waals surface area contributed by atoms with Crippen LogP contribution < -0.4 is 9.62 Å². The Morgan fingerprint density at radius 1 is 0.949 bits per heavy atom. The van der Waals surface area contributed by atoms with Crippen molar-refractivity contribution in [3.05, 3.63) is 101 Å². The standard InChI is InChI=1S/C30H36FN3O4S/c1-5-23(3)32-30(36)28(19-24-14-7-6-8-15-24)33(20-25-16-10-11-17-26(25)31)29(35)21-34(39(4,37)38)27-18-12-9-13-22(27)2/h6-18,23,28H,5,19-21H2,1-4H3,(H,32,36)/t23-,28+/m0/s1.